The second-order valence-electron chi connectivity index (χ2n) is 5.76. The Morgan fingerprint density at radius 3 is 2.42 bits per heavy atom. The molecule has 108 valence electrons. The second kappa shape index (κ2) is 5.07. The number of amides is 3. The summed E-state index contributed by atoms with van der Waals surface area (Å²) in [6, 6.07) is -1.03. The van der Waals surface area contributed by atoms with Gasteiger partial charge in [-0.25, -0.2) is 4.79 Å². The lowest BCUT2D eigenvalue weighted by atomic mass is 9.85. The molecule has 0 aromatic rings. The number of rotatable bonds is 4. The minimum absolute atomic E-state index is 0.450. The molecule has 7 nitrogen and oxygen atoms in total. The maximum atomic E-state index is 11.8. The van der Waals surface area contributed by atoms with Crippen molar-refractivity contribution >= 4 is 17.9 Å². The standard InChI is InChI=1S/C12H21N3O4/c1-11(2,8(13)16)15-10(19)14-7-5-4-6-12(7,3)9(17)18/h7H,4-6H2,1-3H3,(H2,13,16)(H,17,18)(H2,14,15,19). The van der Waals surface area contributed by atoms with Crippen molar-refractivity contribution in [3.63, 3.8) is 0 Å². The second-order valence-corrected chi connectivity index (χ2v) is 5.76. The molecule has 0 saturated heterocycles. The first kappa shape index (κ1) is 15.3. The van der Waals surface area contributed by atoms with Crippen LogP contribution in [0.3, 0.4) is 0 Å². The van der Waals surface area contributed by atoms with Crippen LogP contribution < -0.4 is 16.4 Å². The van der Waals surface area contributed by atoms with Crippen molar-refractivity contribution in [3.05, 3.63) is 0 Å². The molecule has 0 radical (unpaired) electrons. The van der Waals surface area contributed by atoms with E-state index in [2.05, 4.69) is 10.6 Å². The Morgan fingerprint density at radius 2 is 1.95 bits per heavy atom. The summed E-state index contributed by atoms with van der Waals surface area (Å²) in [5, 5.41) is 14.3. The average molecular weight is 271 g/mol. The topological polar surface area (TPSA) is 122 Å². The van der Waals surface area contributed by atoms with Gasteiger partial charge in [-0.2, -0.15) is 0 Å². The van der Waals surface area contributed by atoms with Gasteiger partial charge in [-0.1, -0.05) is 6.42 Å². The summed E-state index contributed by atoms with van der Waals surface area (Å²) in [5.74, 6) is -1.58. The van der Waals surface area contributed by atoms with Gasteiger partial charge in [-0.15, -0.1) is 0 Å². The Bertz CT molecular complexity index is 408. The lowest BCUT2D eigenvalue weighted by Gasteiger charge is -2.29. The monoisotopic (exact) mass is 271 g/mol. The van der Waals surface area contributed by atoms with E-state index in [4.69, 9.17) is 5.73 Å². The Labute approximate surface area is 111 Å². The van der Waals surface area contributed by atoms with Crippen molar-refractivity contribution in [1.29, 1.82) is 0 Å². The quantitative estimate of drug-likeness (QED) is 0.583. The van der Waals surface area contributed by atoms with E-state index in [9.17, 15) is 19.5 Å². The summed E-state index contributed by atoms with van der Waals surface area (Å²) in [7, 11) is 0. The van der Waals surface area contributed by atoms with Gasteiger partial charge in [0.2, 0.25) is 5.91 Å². The van der Waals surface area contributed by atoms with Crippen LogP contribution in [0.15, 0.2) is 0 Å². The van der Waals surface area contributed by atoms with Gasteiger partial charge in [0.15, 0.2) is 0 Å². The predicted molar refractivity (Wildman–Crippen MR) is 68.3 cm³/mol. The average Bonchev–Trinajstić information content (AvgIpc) is 2.60. The number of urea groups is 1. The van der Waals surface area contributed by atoms with Gasteiger partial charge >= 0.3 is 12.0 Å². The third kappa shape index (κ3) is 3.15. The minimum Gasteiger partial charge on any atom is -0.481 e. The Hall–Kier alpha value is -1.79. The third-order valence-corrected chi connectivity index (χ3v) is 3.79. The molecule has 7 heteroatoms. The molecule has 1 aliphatic carbocycles. The molecular formula is C12H21N3O4. The summed E-state index contributed by atoms with van der Waals surface area (Å²) in [5.41, 5.74) is 3.01. The van der Waals surface area contributed by atoms with E-state index >= 15 is 0 Å². The first-order chi connectivity index (χ1) is 8.59. The number of hydrogen-bond donors (Lipinski definition) is 4. The zero-order valence-corrected chi connectivity index (χ0v) is 11.4. The van der Waals surface area contributed by atoms with Gasteiger partial charge in [0.05, 0.1) is 5.41 Å². The number of carboxylic acid groups (broad SMARTS) is 1. The largest absolute Gasteiger partial charge is 0.481 e. The number of nitrogens with one attached hydrogen (secondary N) is 2. The number of carbonyl (C=O) groups is 3. The molecular weight excluding hydrogens is 250 g/mol. The molecule has 0 spiro atoms. The number of aliphatic carboxylic acids is 1. The van der Waals surface area contributed by atoms with E-state index < -0.39 is 34.9 Å². The van der Waals surface area contributed by atoms with Gasteiger partial charge in [-0.05, 0) is 33.6 Å². The fourth-order valence-electron chi connectivity index (χ4n) is 2.19. The van der Waals surface area contributed by atoms with Crippen molar-refractivity contribution in [2.24, 2.45) is 11.1 Å². The van der Waals surface area contributed by atoms with E-state index in [1.807, 2.05) is 0 Å². The zero-order valence-electron chi connectivity index (χ0n) is 11.4. The summed E-state index contributed by atoms with van der Waals surface area (Å²) in [4.78, 5) is 34.2. The van der Waals surface area contributed by atoms with Gasteiger partial charge in [0.25, 0.3) is 0 Å². The highest BCUT2D eigenvalue weighted by Gasteiger charge is 2.46. The normalized spacial score (nSPS) is 26.8. The molecule has 0 aromatic carbocycles. The first-order valence-corrected chi connectivity index (χ1v) is 6.21. The lowest BCUT2D eigenvalue weighted by Crippen LogP contribution is -2.58. The molecule has 3 amide bonds. The van der Waals surface area contributed by atoms with Crippen LogP contribution in [-0.2, 0) is 9.59 Å². The minimum atomic E-state index is -1.18. The summed E-state index contributed by atoms with van der Waals surface area (Å²) >= 11 is 0. The van der Waals surface area contributed by atoms with Crippen LogP contribution in [0.5, 0.6) is 0 Å². The number of primary amides is 1. The van der Waals surface area contributed by atoms with E-state index in [1.165, 1.54) is 13.8 Å². The number of nitrogens with two attached hydrogens (primary N) is 1. The molecule has 0 bridgehead atoms. The van der Waals surface area contributed by atoms with Gasteiger partial charge in [-0.3, -0.25) is 9.59 Å². The molecule has 5 N–H and O–H groups in total. The van der Waals surface area contributed by atoms with Crippen LogP contribution in [0.4, 0.5) is 4.79 Å². The maximum absolute atomic E-state index is 11.8. The van der Waals surface area contributed by atoms with Crippen LogP contribution >= 0.6 is 0 Å². The first-order valence-electron chi connectivity index (χ1n) is 6.21. The van der Waals surface area contributed by atoms with Gasteiger partial charge < -0.3 is 21.5 Å². The highest BCUT2D eigenvalue weighted by Crippen LogP contribution is 2.38. The lowest BCUT2D eigenvalue weighted by molar-refractivity contribution is -0.148. The fraction of sp³-hybridized carbons (Fsp3) is 0.750. The van der Waals surface area contributed by atoms with Crippen LogP contribution in [0, 0.1) is 5.41 Å². The van der Waals surface area contributed by atoms with Crippen LogP contribution in [0.1, 0.15) is 40.0 Å². The zero-order chi connectivity index (χ0) is 14.8. The van der Waals surface area contributed by atoms with Crippen molar-refractivity contribution in [2.45, 2.75) is 51.6 Å². The summed E-state index contributed by atoms with van der Waals surface area (Å²) < 4.78 is 0. The fourth-order valence-corrected chi connectivity index (χ4v) is 2.19. The SMILES string of the molecule is CC(C)(NC(=O)NC1CCCC1(C)C(=O)O)C(N)=O. The Balaban J connectivity index is 2.68. The van der Waals surface area contributed by atoms with Crippen molar-refractivity contribution in [2.75, 3.05) is 0 Å². The molecule has 19 heavy (non-hydrogen) atoms. The highest BCUT2D eigenvalue weighted by molar-refractivity contribution is 5.89. The molecule has 0 aliphatic heterocycles. The van der Waals surface area contributed by atoms with Crippen LogP contribution in [-0.4, -0.2) is 34.6 Å². The number of carboxylic acids is 1. The van der Waals surface area contributed by atoms with E-state index in [-0.39, 0.29) is 0 Å². The van der Waals surface area contributed by atoms with Crippen LogP contribution in [0.25, 0.3) is 0 Å². The maximum Gasteiger partial charge on any atom is 0.315 e. The highest BCUT2D eigenvalue weighted by atomic mass is 16.4. The van der Waals surface area contributed by atoms with E-state index in [0.717, 1.165) is 6.42 Å². The molecule has 0 aromatic heterocycles. The van der Waals surface area contributed by atoms with Crippen molar-refractivity contribution in [3.8, 4) is 0 Å². The molecule has 2 unspecified atom stereocenters. The molecule has 1 saturated carbocycles. The van der Waals surface area contributed by atoms with Gasteiger partial charge in [0, 0.05) is 6.04 Å². The number of carbonyl (C=O) groups excluding carboxylic acids is 2. The number of hydrogen-bond acceptors (Lipinski definition) is 3. The van der Waals surface area contributed by atoms with Crippen molar-refractivity contribution < 1.29 is 19.5 Å². The molecule has 1 aliphatic rings. The Kier molecular flexibility index (Phi) is 4.07. The Morgan fingerprint density at radius 1 is 1.37 bits per heavy atom. The van der Waals surface area contributed by atoms with Crippen LogP contribution in [0.2, 0.25) is 0 Å². The predicted octanol–water partition coefficient (Wildman–Crippen LogP) is 0.193. The molecule has 1 rings (SSSR count). The third-order valence-electron chi connectivity index (χ3n) is 3.79. The van der Waals surface area contributed by atoms with Gasteiger partial charge in [0.1, 0.15) is 5.54 Å². The summed E-state index contributed by atoms with van der Waals surface area (Å²) in [6.07, 6.45) is 1.87. The van der Waals surface area contributed by atoms with E-state index in [0.29, 0.717) is 12.8 Å². The van der Waals surface area contributed by atoms with E-state index in [1.54, 1.807) is 6.92 Å². The molecule has 0 heterocycles. The summed E-state index contributed by atoms with van der Waals surface area (Å²) in [6.45, 7) is 4.59. The molecule has 1 fully saturated rings. The molecule has 2 atom stereocenters. The van der Waals surface area contributed by atoms with Crippen molar-refractivity contribution in [1.82, 2.24) is 10.6 Å². The smallest absolute Gasteiger partial charge is 0.315 e.